The Morgan fingerprint density at radius 1 is 1.31 bits per heavy atom. The van der Waals surface area contributed by atoms with E-state index >= 15 is 0 Å². The third-order valence-electron chi connectivity index (χ3n) is 3.91. The third kappa shape index (κ3) is 5.01. The molecule has 2 rings (SSSR count). The molecule has 1 aromatic rings. The number of hydrogen-bond acceptors (Lipinski definition) is 6. The first-order chi connectivity index (χ1) is 12.3. The summed E-state index contributed by atoms with van der Waals surface area (Å²) in [5, 5.41) is 12.4. The lowest BCUT2D eigenvalue weighted by atomic mass is 9.99. The molecular formula is C16H20F3N3O4. The number of methoxy groups -OCH3 is 1. The van der Waals surface area contributed by atoms with E-state index in [-0.39, 0.29) is 29.0 Å². The number of fused-ring (bicyclic) bond motifs is 1. The van der Waals surface area contributed by atoms with Crippen LogP contribution in [0.2, 0.25) is 0 Å². The van der Waals surface area contributed by atoms with Crippen molar-refractivity contribution in [3.05, 3.63) is 46.2 Å². The van der Waals surface area contributed by atoms with Crippen LogP contribution in [0.25, 0.3) is 0 Å². The normalized spacial score (nSPS) is 16.3. The Labute approximate surface area is 148 Å². The van der Waals surface area contributed by atoms with Crippen molar-refractivity contribution in [3.63, 3.8) is 0 Å². The molecule has 1 N–H and O–H groups in total. The number of nitrogens with one attached hydrogen (secondary N) is 1. The van der Waals surface area contributed by atoms with Gasteiger partial charge in [-0.15, -0.1) is 23.3 Å². The second-order valence-corrected chi connectivity index (χ2v) is 5.63. The minimum Gasteiger partial charge on any atom is -0.495 e. The third-order valence-corrected chi connectivity index (χ3v) is 3.91. The van der Waals surface area contributed by atoms with Crippen molar-refractivity contribution in [2.75, 3.05) is 25.2 Å². The van der Waals surface area contributed by atoms with E-state index in [1.165, 1.54) is 19.3 Å². The fourth-order valence-electron chi connectivity index (χ4n) is 2.75. The summed E-state index contributed by atoms with van der Waals surface area (Å²) in [6.07, 6.45) is -0.152. The van der Waals surface area contributed by atoms with E-state index in [0.29, 0.717) is 31.4 Å². The van der Waals surface area contributed by atoms with E-state index in [2.05, 4.69) is 10.2 Å². The lowest BCUT2D eigenvalue weighted by Gasteiger charge is -2.33. The van der Waals surface area contributed by atoms with Crippen LogP contribution in [-0.2, 0) is 4.84 Å². The number of rotatable bonds is 9. The molecule has 0 saturated heterocycles. The maximum Gasteiger partial charge on any atom is 0.489 e. The fourth-order valence-corrected chi connectivity index (χ4v) is 2.75. The molecule has 0 radical (unpaired) electrons. The molecule has 0 amide bonds. The van der Waals surface area contributed by atoms with Gasteiger partial charge in [0, 0.05) is 11.8 Å². The van der Waals surface area contributed by atoms with Gasteiger partial charge in [-0.25, -0.2) is 0 Å². The summed E-state index contributed by atoms with van der Waals surface area (Å²) in [6.45, 7) is 0.590. The smallest absolute Gasteiger partial charge is 0.489 e. The molecule has 0 aliphatic carbocycles. The van der Waals surface area contributed by atoms with Crippen LogP contribution < -0.4 is 15.0 Å². The standard InChI is InChI=1S/C16H20F3N3O4/c1-25-14-7-5-6-12-13(8-10-21(15(12)14)16(17,18)19)20-9-3-2-4-11-26-22(23)24/h5-8,10,13,20H,2-4,9,11H2,1H3. The van der Waals surface area contributed by atoms with E-state index in [9.17, 15) is 23.3 Å². The van der Waals surface area contributed by atoms with Crippen LogP contribution in [0, 0.1) is 10.1 Å². The molecule has 0 fully saturated rings. The van der Waals surface area contributed by atoms with Crippen LogP contribution >= 0.6 is 0 Å². The maximum atomic E-state index is 13.3. The fraction of sp³-hybridized carbons (Fsp3) is 0.500. The number of nitrogens with zero attached hydrogens (tertiary/aromatic N) is 2. The van der Waals surface area contributed by atoms with Crippen LogP contribution in [-0.4, -0.2) is 31.6 Å². The second kappa shape index (κ2) is 8.75. The molecule has 1 atom stereocenters. The van der Waals surface area contributed by atoms with Crippen LogP contribution in [0.5, 0.6) is 5.75 Å². The average molecular weight is 375 g/mol. The molecule has 0 saturated carbocycles. The summed E-state index contributed by atoms with van der Waals surface area (Å²) >= 11 is 0. The SMILES string of the molecule is COc1cccc2c1N(C(F)(F)F)C=CC2NCCCCCO[N+](=O)[O-]. The van der Waals surface area contributed by atoms with Crippen LogP contribution in [0.3, 0.4) is 0 Å². The van der Waals surface area contributed by atoms with Crippen molar-refractivity contribution >= 4 is 5.69 Å². The highest BCUT2D eigenvalue weighted by Crippen LogP contribution is 2.43. The zero-order valence-corrected chi connectivity index (χ0v) is 14.2. The van der Waals surface area contributed by atoms with Crippen molar-refractivity contribution in [1.82, 2.24) is 5.32 Å². The Bertz CT molecular complexity index is 652. The van der Waals surface area contributed by atoms with Gasteiger partial charge >= 0.3 is 6.30 Å². The van der Waals surface area contributed by atoms with Crippen LogP contribution in [0.1, 0.15) is 30.9 Å². The number of anilines is 1. The zero-order chi connectivity index (χ0) is 19.2. The molecular weight excluding hydrogens is 355 g/mol. The predicted octanol–water partition coefficient (Wildman–Crippen LogP) is 3.56. The Morgan fingerprint density at radius 2 is 2.08 bits per heavy atom. The van der Waals surface area contributed by atoms with Crippen molar-refractivity contribution in [1.29, 1.82) is 0 Å². The number of ether oxygens (including phenoxy) is 1. The molecule has 7 nitrogen and oxygen atoms in total. The summed E-state index contributed by atoms with van der Waals surface area (Å²) in [6, 6.07) is 4.38. The van der Waals surface area contributed by atoms with Gasteiger partial charge in [-0.2, -0.15) is 0 Å². The first kappa shape index (κ1) is 19.8. The largest absolute Gasteiger partial charge is 0.495 e. The maximum absolute atomic E-state index is 13.3. The first-order valence-corrected chi connectivity index (χ1v) is 8.06. The predicted molar refractivity (Wildman–Crippen MR) is 88.2 cm³/mol. The minimum absolute atomic E-state index is 0.0260. The summed E-state index contributed by atoms with van der Waals surface area (Å²) in [5.74, 6) is 0.146. The number of hydrogen-bond donors (Lipinski definition) is 1. The Morgan fingerprint density at radius 3 is 2.73 bits per heavy atom. The Balaban J connectivity index is 1.98. The molecule has 26 heavy (non-hydrogen) atoms. The minimum atomic E-state index is -4.55. The average Bonchev–Trinajstić information content (AvgIpc) is 2.59. The summed E-state index contributed by atoms with van der Waals surface area (Å²) in [4.78, 5) is 14.5. The zero-order valence-electron chi connectivity index (χ0n) is 14.2. The van der Waals surface area contributed by atoms with Crippen LogP contribution in [0.15, 0.2) is 30.5 Å². The molecule has 1 heterocycles. The number of halogens is 3. The highest BCUT2D eigenvalue weighted by Gasteiger charge is 2.41. The number of benzene rings is 1. The first-order valence-electron chi connectivity index (χ1n) is 8.06. The molecule has 1 unspecified atom stereocenters. The summed E-state index contributed by atoms with van der Waals surface area (Å²) in [7, 11) is 1.33. The van der Waals surface area contributed by atoms with E-state index in [0.717, 1.165) is 6.20 Å². The number of unbranched alkanes of at least 4 members (excludes halogenated alkanes) is 2. The molecule has 0 bridgehead atoms. The lowest BCUT2D eigenvalue weighted by Crippen LogP contribution is -2.38. The van der Waals surface area contributed by atoms with Gasteiger partial charge in [-0.3, -0.25) is 4.90 Å². The van der Waals surface area contributed by atoms with Crippen molar-refractivity contribution in [3.8, 4) is 5.75 Å². The van der Waals surface area contributed by atoms with Gasteiger partial charge < -0.3 is 14.9 Å². The molecule has 0 spiro atoms. The Kier molecular flexibility index (Phi) is 6.67. The monoisotopic (exact) mass is 375 g/mol. The second-order valence-electron chi connectivity index (χ2n) is 5.63. The number of para-hydroxylation sites is 1. The summed E-state index contributed by atoms with van der Waals surface area (Å²) < 4.78 is 45.0. The Hall–Kier alpha value is -2.49. The van der Waals surface area contributed by atoms with Gasteiger partial charge in [0.1, 0.15) is 5.75 Å². The molecule has 1 aliphatic rings. The summed E-state index contributed by atoms with van der Waals surface area (Å²) in [5.41, 5.74) is 0.447. The molecule has 1 aliphatic heterocycles. The van der Waals surface area contributed by atoms with Crippen molar-refractivity contribution in [2.24, 2.45) is 0 Å². The van der Waals surface area contributed by atoms with Crippen LogP contribution in [0.4, 0.5) is 18.9 Å². The van der Waals surface area contributed by atoms with Gasteiger partial charge in [-0.1, -0.05) is 18.6 Å². The lowest BCUT2D eigenvalue weighted by molar-refractivity contribution is -0.757. The van der Waals surface area contributed by atoms with E-state index in [4.69, 9.17) is 4.74 Å². The van der Waals surface area contributed by atoms with Gasteiger partial charge in [0.2, 0.25) is 0 Å². The topological polar surface area (TPSA) is 76.9 Å². The van der Waals surface area contributed by atoms with E-state index in [1.807, 2.05) is 0 Å². The molecule has 0 aromatic heterocycles. The molecule has 144 valence electrons. The van der Waals surface area contributed by atoms with Gasteiger partial charge in [0.15, 0.2) is 0 Å². The van der Waals surface area contributed by atoms with E-state index in [1.54, 1.807) is 12.1 Å². The van der Waals surface area contributed by atoms with Crippen molar-refractivity contribution in [2.45, 2.75) is 31.6 Å². The van der Waals surface area contributed by atoms with Gasteiger partial charge in [-0.05, 0) is 31.5 Å². The molecule has 1 aromatic carbocycles. The quantitative estimate of drug-likeness (QED) is 0.308. The highest BCUT2D eigenvalue weighted by atomic mass is 19.4. The highest BCUT2D eigenvalue weighted by molar-refractivity contribution is 5.69. The molecule has 10 heteroatoms. The van der Waals surface area contributed by atoms with Gasteiger partial charge in [0.05, 0.1) is 25.4 Å². The van der Waals surface area contributed by atoms with Gasteiger partial charge in [0.25, 0.3) is 5.09 Å². The van der Waals surface area contributed by atoms with Crippen molar-refractivity contribution < 1.29 is 27.8 Å². The number of alkyl halides is 3. The van der Waals surface area contributed by atoms with E-state index < -0.39 is 11.4 Å².